The predicted octanol–water partition coefficient (Wildman–Crippen LogP) is 3.44. The Morgan fingerprint density at radius 1 is 1.06 bits per heavy atom. The third-order valence-corrected chi connectivity index (χ3v) is 7.59. The number of nitrogens with zero attached hydrogens (tertiary/aromatic N) is 1. The Morgan fingerprint density at radius 3 is 2.44 bits per heavy atom. The number of hydrogen-bond acceptors (Lipinski definition) is 5. The molecular formula is C24H32N2O5S. The zero-order valence-corrected chi connectivity index (χ0v) is 19.8. The normalized spacial score (nSPS) is 15.7. The number of aryl methyl sites for hydroxylation is 1. The second-order valence-electron chi connectivity index (χ2n) is 8.03. The number of nitrogens with one attached hydrogen (secondary N) is 1. The SMILES string of the molecule is Cc1cccc(O[C@H](C)C(=O)NCCOc2ccc(S(=O)(=O)N3CCCCC3)cc2)c1C. The molecule has 1 heterocycles. The van der Waals surface area contributed by atoms with Crippen LogP contribution in [0.1, 0.15) is 37.3 Å². The molecule has 174 valence electrons. The van der Waals surface area contributed by atoms with Crippen molar-refractivity contribution >= 4 is 15.9 Å². The highest BCUT2D eigenvalue weighted by molar-refractivity contribution is 7.89. The quantitative estimate of drug-likeness (QED) is 0.580. The first kappa shape index (κ1) is 24.1. The summed E-state index contributed by atoms with van der Waals surface area (Å²) in [6, 6.07) is 12.2. The Labute approximate surface area is 190 Å². The van der Waals surface area contributed by atoms with Crippen LogP contribution in [-0.2, 0) is 14.8 Å². The molecule has 2 aromatic carbocycles. The molecule has 0 bridgehead atoms. The molecule has 8 heteroatoms. The fraction of sp³-hybridized carbons (Fsp3) is 0.458. The Bertz CT molecular complexity index is 1020. The van der Waals surface area contributed by atoms with Gasteiger partial charge in [0.05, 0.1) is 11.4 Å². The van der Waals surface area contributed by atoms with Crippen molar-refractivity contribution in [2.45, 2.75) is 51.0 Å². The summed E-state index contributed by atoms with van der Waals surface area (Å²) in [6.45, 7) is 7.40. The molecule has 0 saturated carbocycles. The van der Waals surface area contributed by atoms with Gasteiger partial charge in [0.15, 0.2) is 6.10 Å². The van der Waals surface area contributed by atoms with Gasteiger partial charge in [0.25, 0.3) is 5.91 Å². The average Bonchev–Trinajstić information content (AvgIpc) is 2.80. The minimum absolute atomic E-state index is 0.225. The van der Waals surface area contributed by atoms with Gasteiger partial charge in [-0.05, 0) is 75.1 Å². The summed E-state index contributed by atoms with van der Waals surface area (Å²) in [7, 11) is -3.45. The number of amides is 1. The Balaban J connectivity index is 1.44. The van der Waals surface area contributed by atoms with Gasteiger partial charge in [0.2, 0.25) is 10.0 Å². The van der Waals surface area contributed by atoms with Crippen molar-refractivity contribution in [1.82, 2.24) is 9.62 Å². The van der Waals surface area contributed by atoms with Crippen molar-refractivity contribution in [1.29, 1.82) is 0 Å². The molecule has 1 saturated heterocycles. The molecular weight excluding hydrogens is 428 g/mol. The van der Waals surface area contributed by atoms with E-state index < -0.39 is 16.1 Å². The van der Waals surface area contributed by atoms with Crippen molar-refractivity contribution in [3.63, 3.8) is 0 Å². The van der Waals surface area contributed by atoms with Crippen molar-refractivity contribution in [3.05, 3.63) is 53.6 Å². The zero-order valence-electron chi connectivity index (χ0n) is 19.0. The highest BCUT2D eigenvalue weighted by Crippen LogP contribution is 2.23. The van der Waals surface area contributed by atoms with Crippen molar-refractivity contribution in [2.24, 2.45) is 0 Å². The summed E-state index contributed by atoms with van der Waals surface area (Å²) >= 11 is 0. The first-order valence-corrected chi connectivity index (χ1v) is 12.5. The van der Waals surface area contributed by atoms with E-state index in [4.69, 9.17) is 9.47 Å². The van der Waals surface area contributed by atoms with Crippen molar-refractivity contribution < 1.29 is 22.7 Å². The Hall–Kier alpha value is -2.58. The molecule has 0 unspecified atom stereocenters. The number of hydrogen-bond donors (Lipinski definition) is 1. The molecule has 0 radical (unpaired) electrons. The Morgan fingerprint density at radius 2 is 1.75 bits per heavy atom. The molecule has 0 spiro atoms. The van der Waals surface area contributed by atoms with Crippen LogP contribution in [0.15, 0.2) is 47.4 Å². The standard InChI is InChI=1S/C24H32N2O5S/c1-18-8-7-9-23(19(18)2)31-20(3)24(27)25-14-17-30-21-10-12-22(13-11-21)32(28,29)26-15-5-4-6-16-26/h7-13,20H,4-6,14-17H2,1-3H3,(H,25,27)/t20-/m1/s1. The molecule has 1 N–H and O–H groups in total. The smallest absolute Gasteiger partial charge is 0.260 e. The highest BCUT2D eigenvalue weighted by atomic mass is 32.2. The lowest BCUT2D eigenvalue weighted by molar-refractivity contribution is -0.127. The van der Waals surface area contributed by atoms with Crippen LogP contribution in [-0.4, -0.2) is 51.0 Å². The van der Waals surface area contributed by atoms with Gasteiger partial charge in [-0.15, -0.1) is 0 Å². The minimum Gasteiger partial charge on any atom is -0.492 e. The van der Waals surface area contributed by atoms with Gasteiger partial charge in [-0.25, -0.2) is 8.42 Å². The first-order valence-electron chi connectivity index (χ1n) is 11.0. The monoisotopic (exact) mass is 460 g/mol. The van der Waals surface area contributed by atoms with Crippen LogP contribution < -0.4 is 14.8 Å². The number of carbonyl (C=O) groups is 1. The third kappa shape index (κ3) is 6.01. The summed E-state index contributed by atoms with van der Waals surface area (Å²) in [4.78, 5) is 12.6. The van der Waals surface area contributed by atoms with Crippen molar-refractivity contribution in [2.75, 3.05) is 26.2 Å². The fourth-order valence-corrected chi connectivity index (χ4v) is 5.06. The number of carbonyl (C=O) groups excluding carboxylic acids is 1. The summed E-state index contributed by atoms with van der Waals surface area (Å²) in [5, 5.41) is 2.79. The van der Waals surface area contributed by atoms with E-state index in [0.717, 1.165) is 30.4 Å². The van der Waals surface area contributed by atoms with E-state index in [2.05, 4.69) is 5.32 Å². The molecule has 1 atom stereocenters. The molecule has 1 fully saturated rings. The van der Waals surface area contributed by atoms with Gasteiger partial charge in [0.1, 0.15) is 18.1 Å². The van der Waals surface area contributed by atoms with Crippen LogP contribution in [0.3, 0.4) is 0 Å². The van der Waals surface area contributed by atoms with E-state index >= 15 is 0 Å². The lowest BCUT2D eigenvalue weighted by atomic mass is 10.1. The lowest BCUT2D eigenvalue weighted by Crippen LogP contribution is -2.38. The molecule has 0 aliphatic carbocycles. The summed E-state index contributed by atoms with van der Waals surface area (Å²) in [6.07, 6.45) is 2.25. The fourth-order valence-electron chi connectivity index (χ4n) is 3.54. The van der Waals surface area contributed by atoms with Crippen molar-refractivity contribution in [3.8, 4) is 11.5 Å². The second-order valence-corrected chi connectivity index (χ2v) is 9.97. The predicted molar refractivity (Wildman–Crippen MR) is 124 cm³/mol. The van der Waals surface area contributed by atoms with Gasteiger partial charge in [-0.3, -0.25) is 4.79 Å². The maximum Gasteiger partial charge on any atom is 0.260 e. The summed E-state index contributed by atoms with van der Waals surface area (Å²) in [5.74, 6) is 1.03. The number of ether oxygens (including phenoxy) is 2. The molecule has 3 rings (SSSR count). The van der Waals surface area contributed by atoms with Gasteiger partial charge < -0.3 is 14.8 Å². The van der Waals surface area contributed by atoms with Gasteiger partial charge in [-0.1, -0.05) is 18.6 Å². The third-order valence-electron chi connectivity index (χ3n) is 5.67. The number of piperidine rings is 1. The largest absolute Gasteiger partial charge is 0.492 e. The molecule has 1 aliphatic rings. The van der Waals surface area contributed by atoms with Crippen LogP contribution in [0.5, 0.6) is 11.5 Å². The van der Waals surface area contributed by atoms with Crippen LogP contribution in [0.4, 0.5) is 0 Å². The van der Waals surface area contributed by atoms with Gasteiger partial charge in [0, 0.05) is 13.1 Å². The summed E-state index contributed by atoms with van der Waals surface area (Å²) in [5.41, 5.74) is 2.12. The van der Waals surface area contributed by atoms with E-state index in [1.807, 2.05) is 32.0 Å². The van der Waals surface area contributed by atoms with Gasteiger partial charge in [-0.2, -0.15) is 4.31 Å². The highest BCUT2D eigenvalue weighted by Gasteiger charge is 2.25. The molecule has 1 amide bonds. The molecule has 2 aromatic rings. The number of rotatable bonds is 9. The summed E-state index contributed by atoms with van der Waals surface area (Å²) < 4.78 is 38.4. The first-order chi connectivity index (χ1) is 15.3. The molecule has 32 heavy (non-hydrogen) atoms. The zero-order chi connectivity index (χ0) is 23.1. The van der Waals surface area contributed by atoms with E-state index in [1.54, 1.807) is 35.5 Å². The average molecular weight is 461 g/mol. The molecule has 7 nitrogen and oxygen atoms in total. The Kier molecular flexibility index (Phi) is 8.15. The van der Waals surface area contributed by atoms with Gasteiger partial charge >= 0.3 is 0 Å². The number of sulfonamides is 1. The number of benzene rings is 2. The lowest BCUT2D eigenvalue weighted by Gasteiger charge is -2.25. The molecule has 0 aromatic heterocycles. The van der Waals surface area contributed by atoms with Crippen LogP contribution in [0.25, 0.3) is 0 Å². The van der Waals surface area contributed by atoms with Crippen LogP contribution >= 0.6 is 0 Å². The minimum atomic E-state index is -3.45. The van der Waals surface area contributed by atoms with E-state index in [9.17, 15) is 13.2 Å². The van der Waals surface area contributed by atoms with E-state index in [-0.39, 0.29) is 17.4 Å². The topological polar surface area (TPSA) is 84.9 Å². The maximum atomic E-state index is 12.7. The van der Waals surface area contributed by atoms with Crippen LogP contribution in [0, 0.1) is 13.8 Å². The second kappa shape index (κ2) is 10.8. The van der Waals surface area contributed by atoms with E-state index in [1.165, 1.54) is 0 Å². The van der Waals surface area contributed by atoms with Crippen LogP contribution in [0.2, 0.25) is 0 Å². The molecule has 1 aliphatic heterocycles. The van der Waals surface area contributed by atoms with E-state index in [0.29, 0.717) is 31.1 Å². The maximum absolute atomic E-state index is 12.7.